The zero-order valence-corrected chi connectivity index (χ0v) is 37.7. The quantitative estimate of drug-likeness (QED) is 0.132. The maximum Gasteiger partial charge on any atom is 0.329 e. The number of methoxy groups -OCH3 is 3. The molecule has 1 aliphatic carbocycles. The van der Waals surface area contributed by atoms with Crippen molar-refractivity contribution in [1.29, 1.82) is 0 Å². The molecule has 334 valence electrons. The topological polar surface area (TPSA) is 164 Å². The van der Waals surface area contributed by atoms with Gasteiger partial charge in [-0.3, -0.25) is 19.2 Å². The first-order chi connectivity index (χ1) is 27.9. The van der Waals surface area contributed by atoms with Gasteiger partial charge in [0.05, 0.1) is 23.7 Å². The summed E-state index contributed by atoms with van der Waals surface area (Å²) in [5.41, 5.74) is 1.67. The molecule has 2 bridgehead atoms. The highest BCUT2D eigenvalue weighted by atomic mass is 35.5. The van der Waals surface area contributed by atoms with Crippen LogP contribution in [0.2, 0.25) is 0 Å². The Bertz CT molecular complexity index is 1550. The summed E-state index contributed by atoms with van der Waals surface area (Å²) in [4.78, 5) is 71.1. The van der Waals surface area contributed by atoms with Crippen molar-refractivity contribution in [2.75, 3.05) is 27.9 Å². The van der Waals surface area contributed by atoms with Crippen LogP contribution in [0, 0.1) is 29.6 Å². The Morgan fingerprint density at radius 3 is 2.22 bits per heavy atom. The van der Waals surface area contributed by atoms with Crippen molar-refractivity contribution < 1.29 is 57.5 Å². The van der Waals surface area contributed by atoms with Crippen LogP contribution in [0.25, 0.3) is 0 Å². The van der Waals surface area contributed by atoms with E-state index < -0.39 is 83.7 Å². The fraction of sp³-hybridized carbons (Fsp3) is 0.800. The number of esters is 2. The van der Waals surface area contributed by atoms with Gasteiger partial charge < -0.3 is 38.4 Å². The number of nitrogens with zero attached hydrogens (tertiary/aromatic N) is 1. The molecule has 3 fully saturated rings. The predicted molar refractivity (Wildman–Crippen MR) is 221 cm³/mol. The first-order valence-electron chi connectivity index (χ1n) is 21.6. The zero-order valence-electron chi connectivity index (χ0n) is 36.9. The Kier molecular flexibility index (Phi) is 18.2. The number of allylic oxidation sites excluding steroid dienone is 3. The van der Waals surface area contributed by atoms with E-state index in [2.05, 4.69) is 6.92 Å². The Balaban J connectivity index is 1.82. The lowest BCUT2D eigenvalue weighted by atomic mass is 9.82. The van der Waals surface area contributed by atoms with Gasteiger partial charge in [-0.25, -0.2) is 4.79 Å². The van der Waals surface area contributed by atoms with E-state index in [1.54, 1.807) is 21.0 Å². The number of hydrogen-bond donors (Lipinski definition) is 1. The lowest BCUT2D eigenvalue weighted by Crippen LogP contribution is -2.64. The third kappa shape index (κ3) is 12.0. The summed E-state index contributed by atoms with van der Waals surface area (Å²) in [6.07, 6.45) is 5.06. The highest BCUT2D eigenvalue weighted by Crippen LogP contribution is 2.39. The maximum absolute atomic E-state index is 14.5. The maximum atomic E-state index is 14.5. The number of piperidine rings is 1. The number of alkyl halides is 1. The van der Waals surface area contributed by atoms with Crippen molar-refractivity contribution in [1.82, 2.24) is 4.90 Å². The van der Waals surface area contributed by atoms with Crippen LogP contribution in [-0.4, -0.2) is 121 Å². The van der Waals surface area contributed by atoms with Crippen LogP contribution < -0.4 is 0 Å². The van der Waals surface area contributed by atoms with Crippen LogP contribution in [0.4, 0.5) is 0 Å². The molecular formula is C45H70ClNO12. The average molecular weight is 853 g/mol. The van der Waals surface area contributed by atoms with E-state index in [-0.39, 0.29) is 54.9 Å². The van der Waals surface area contributed by atoms with Gasteiger partial charge >= 0.3 is 11.9 Å². The largest absolute Gasteiger partial charge is 0.462 e. The Morgan fingerprint density at radius 2 is 1.59 bits per heavy atom. The summed E-state index contributed by atoms with van der Waals surface area (Å²) in [5.74, 6) is -8.06. The van der Waals surface area contributed by atoms with Crippen molar-refractivity contribution >= 4 is 41.0 Å². The second-order valence-electron chi connectivity index (χ2n) is 17.7. The van der Waals surface area contributed by atoms with Crippen molar-refractivity contribution in [3.05, 3.63) is 23.3 Å². The number of ketones is 2. The minimum absolute atomic E-state index is 0.0176. The molecule has 1 N–H and O–H groups in total. The Labute approximate surface area is 356 Å². The number of Topliss-reactive ketones (excluding diaryl/α,β-unsaturated/α-hetero) is 2. The van der Waals surface area contributed by atoms with E-state index in [1.807, 2.05) is 32.9 Å². The van der Waals surface area contributed by atoms with Crippen molar-refractivity contribution in [3.63, 3.8) is 0 Å². The van der Waals surface area contributed by atoms with E-state index in [0.717, 1.165) is 18.4 Å². The molecule has 13 nitrogen and oxygen atoms in total. The molecule has 2 saturated heterocycles. The molecule has 14 atom stereocenters. The summed E-state index contributed by atoms with van der Waals surface area (Å²) in [6, 6.07) is -1.15. The summed E-state index contributed by atoms with van der Waals surface area (Å²) in [7, 11) is 4.69. The average Bonchev–Trinajstić information content (AvgIpc) is 3.20. The Hall–Kier alpha value is -2.68. The summed E-state index contributed by atoms with van der Waals surface area (Å²) in [5, 5.41) is 11.9. The molecule has 1 saturated carbocycles. The zero-order chi connectivity index (χ0) is 43.8. The molecule has 0 aromatic carbocycles. The van der Waals surface area contributed by atoms with Gasteiger partial charge in [-0.2, -0.15) is 0 Å². The number of cyclic esters (lactones) is 1. The molecule has 4 rings (SSSR count). The highest BCUT2D eigenvalue weighted by molar-refractivity contribution is 6.39. The normalized spacial score (nSPS) is 39.1. The second kappa shape index (κ2) is 21.9. The predicted octanol–water partition coefficient (Wildman–Crippen LogP) is 6.29. The summed E-state index contributed by atoms with van der Waals surface area (Å²) in [6.45, 7) is 12.6. The fourth-order valence-corrected chi connectivity index (χ4v) is 10.0. The standard InChI is InChI=1S/C45H70ClNO12/c1-11-32-19-25(2)18-26(3)20-38(55-9)41-39(56-10)22-28(5)45(53,59-41)42(50)43(51)47-17-13-12-14-34(47)44(52)58-40(29(6)36(24-35(32)49)57-30(7)48)27(4)21-31-15-16-33(46)37(23-31)54-8/h19,21,26,28-29,31-34,36-41,53H,11-18,20,22-24H2,1-10H3/t26-,28+,29-,31?,32+,33-,34-,36-,37+,38-,39-,40+,41+,45+/m0/s1. The molecule has 1 amide bonds. The number of amides is 1. The molecule has 1 unspecified atom stereocenters. The highest BCUT2D eigenvalue weighted by Gasteiger charge is 2.56. The molecule has 0 spiro atoms. The van der Waals surface area contributed by atoms with Crippen LogP contribution in [0.3, 0.4) is 0 Å². The number of carbonyl (C=O) groups excluding carboxylic acids is 5. The summed E-state index contributed by atoms with van der Waals surface area (Å²) < 4.78 is 36.0. The number of rotatable bonds is 7. The molecule has 4 aliphatic rings. The van der Waals surface area contributed by atoms with E-state index in [1.165, 1.54) is 26.0 Å². The number of aliphatic hydroxyl groups is 1. The first-order valence-corrected chi connectivity index (χ1v) is 22.1. The molecule has 14 heteroatoms. The van der Waals surface area contributed by atoms with Gasteiger partial charge in [0.2, 0.25) is 5.79 Å². The summed E-state index contributed by atoms with van der Waals surface area (Å²) >= 11 is 6.56. The minimum atomic E-state index is -2.51. The van der Waals surface area contributed by atoms with Crippen molar-refractivity contribution in [2.24, 2.45) is 29.6 Å². The minimum Gasteiger partial charge on any atom is -0.462 e. The monoisotopic (exact) mass is 851 g/mol. The van der Waals surface area contributed by atoms with E-state index >= 15 is 0 Å². The number of hydrogen-bond acceptors (Lipinski definition) is 12. The molecule has 59 heavy (non-hydrogen) atoms. The molecule has 3 heterocycles. The second-order valence-corrected chi connectivity index (χ2v) is 18.2. The van der Waals surface area contributed by atoms with Crippen LogP contribution >= 0.6 is 11.6 Å². The van der Waals surface area contributed by atoms with E-state index in [4.69, 9.17) is 40.0 Å². The molecule has 0 aromatic heterocycles. The number of fused-ring (bicyclic) bond motifs is 3. The Morgan fingerprint density at radius 1 is 0.932 bits per heavy atom. The van der Waals surface area contributed by atoms with Gasteiger partial charge in [0.15, 0.2) is 0 Å². The van der Waals surface area contributed by atoms with Crippen LogP contribution in [-0.2, 0) is 52.4 Å². The fourth-order valence-electron chi connectivity index (χ4n) is 9.71. The third-order valence-electron chi connectivity index (χ3n) is 13.1. The van der Waals surface area contributed by atoms with Gasteiger partial charge in [0.25, 0.3) is 11.7 Å². The lowest BCUT2D eigenvalue weighted by molar-refractivity contribution is -0.302. The van der Waals surface area contributed by atoms with E-state index in [0.29, 0.717) is 44.1 Å². The molecular weight excluding hydrogens is 782 g/mol. The van der Waals surface area contributed by atoms with Gasteiger partial charge in [-0.15, -0.1) is 11.6 Å². The van der Waals surface area contributed by atoms with Crippen LogP contribution in [0.1, 0.15) is 119 Å². The van der Waals surface area contributed by atoms with E-state index in [9.17, 15) is 29.1 Å². The van der Waals surface area contributed by atoms with Gasteiger partial charge in [-0.05, 0) is 95.5 Å². The third-order valence-corrected chi connectivity index (χ3v) is 13.6. The smallest absolute Gasteiger partial charge is 0.329 e. The number of ether oxygens (including phenoxy) is 6. The number of halogens is 1. The number of carbonyl (C=O) groups is 5. The van der Waals surface area contributed by atoms with Crippen LogP contribution in [0.15, 0.2) is 23.3 Å². The SMILES string of the molecule is CC[C@@H]1C=C(C)C[C@H](C)C[C@H](OC)[C@H]2O[C@@](O)(C(=O)C(=O)N3CCCC[C@H]3C(=O)O[C@H](C(C)=CC3CC[C@H](Cl)[C@H](OC)C3)[C@@H](C)[C@@H](OC(C)=O)CC1=O)[C@H](C)C[C@@H]2OC. The molecule has 0 aromatic rings. The molecule has 3 aliphatic heterocycles. The van der Waals surface area contributed by atoms with Crippen molar-refractivity contribution in [3.8, 4) is 0 Å². The van der Waals surface area contributed by atoms with Crippen molar-refractivity contribution in [2.45, 2.75) is 173 Å². The lowest BCUT2D eigenvalue weighted by Gasteiger charge is -2.47. The molecule has 0 radical (unpaired) electrons. The van der Waals surface area contributed by atoms with Gasteiger partial charge in [0.1, 0.15) is 30.1 Å². The van der Waals surface area contributed by atoms with Gasteiger partial charge in [0, 0.05) is 59.0 Å². The first kappa shape index (κ1) is 49.0. The van der Waals surface area contributed by atoms with Gasteiger partial charge in [-0.1, -0.05) is 45.4 Å². The van der Waals surface area contributed by atoms with Crippen LogP contribution in [0.5, 0.6) is 0 Å².